The molecular weight excluding hydrogens is 238 g/mol. The molecule has 0 aromatic heterocycles. The second kappa shape index (κ2) is 6.48. The molecule has 0 spiro atoms. The number of rotatable bonds is 2. The summed E-state index contributed by atoms with van der Waals surface area (Å²) in [7, 11) is 0. The standard InChI is InChI=1S/C10H15N5O3/c1-3-7(16)15-8-9(17)13-6(5-12-8)14-10(18)11-4-2/h3-5H2,1-2H3,(H,12,15,16)(H2,11,13,14,17,18). The molecule has 1 aliphatic heterocycles. The Morgan fingerprint density at radius 3 is 2.72 bits per heavy atom. The summed E-state index contributed by atoms with van der Waals surface area (Å²) in [5.74, 6) is -0.781. The fourth-order valence-corrected chi connectivity index (χ4v) is 1.15. The monoisotopic (exact) mass is 253 g/mol. The van der Waals surface area contributed by atoms with Gasteiger partial charge in [0.05, 0.1) is 6.54 Å². The molecule has 1 rings (SSSR count). The molecule has 3 N–H and O–H groups in total. The smallest absolute Gasteiger partial charge is 0.336 e. The Morgan fingerprint density at radius 1 is 1.44 bits per heavy atom. The number of carbonyl (C=O) groups is 3. The zero-order valence-electron chi connectivity index (χ0n) is 10.2. The van der Waals surface area contributed by atoms with Gasteiger partial charge in [-0.25, -0.2) is 4.79 Å². The van der Waals surface area contributed by atoms with Crippen LogP contribution in [0.5, 0.6) is 0 Å². The molecular formula is C10H15N5O3. The van der Waals surface area contributed by atoms with E-state index in [1.54, 1.807) is 13.8 Å². The lowest BCUT2D eigenvalue weighted by molar-refractivity contribution is -0.120. The zero-order valence-corrected chi connectivity index (χ0v) is 10.2. The summed E-state index contributed by atoms with van der Waals surface area (Å²) in [5, 5.41) is 7.22. The lowest BCUT2D eigenvalue weighted by atomic mass is 10.3. The maximum atomic E-state index is 11.5. The van der Waals surface area contributed by atoms with Crippen molar-refractivity contribution in [3.8, 4) is 0 Å². The van der Waals surface area contributed by atoms with Crippen molar-refractivity contribution in [3.63, 3.8) is 0 Å². The Hall–Kier alpha value is -2.25. The van der Waals surface area contributed by atoms with E-state index in [9.17, 15) is 14.4 Å². The average Bonchev–Trinajstić information content (AvgIpc) is 2.32. The highest BCUT2D eigenvalue weighted by molar-refractivity contribution is 6.44. The molecule has 0 atom stereocenters. The summed E-state index contributed by atoms with van der Waals surface area (Å²) < 4.78 is 0. The second-order valence-corrected chi connectivity index (χ2v) is 3.41. The van der Waals surface area contributed by atoms with E-state index in [0.717, 1.165) is 0 Å². The van der Waals surface area contributed by atoms with Gasteiger partial charge in [0, 0.05) is 13.0 Å². The first-order valence-electron chi connectivity index (χ1n) is 5.57. The van der Waals surface area contributed by atoms with Crippen molar-refractivity contribution < 1.29 is 14.4 Å². The van der Waals surface area contributed by atoms with Crippen molar-refractivity contribution in [3.05, 3.63) is 0 Å². The van der Waals surface area contributed by atoms with Crippen LogP contribution in [0.1, 0.15) is 20.3 Å². The number of amides is 4. The van der Waals surface area contributed by atoms with Crippen molar-refractivity contribution in [1.29, 1.82) is 0 Å². The molecule has 0 aromatic rings. The van der Waals surface area contributed by atoms with Gasteiger partial charge in [-0.2, -0.15) is 4.99 Å². The van der Waals surface area contributed by atoms with Gasteiger partial charge in [0.1, 0.15) is 5.84 Å². The highest BCUT2D eigenvalue weighted by atomic mass is 16.2. The summed E-state index contributed by atoms with van der Waals surface area (Å²) in [6.45, 7) is 3.92. The summed E-state index contributed by atoms with van der Waals surface area (Å²) >= 11 is 0. The normalized spacial score (nSPS) is 16.9. The number of aliphatic imine (C=N–C) groups is 2. The van der Waals surface area contributed by atoms with Gasteiger partial charge in [0.2, 0.25) is 5.91 Å². The number of hydrogen-bond acceptors (Lipinski definition) is 4. The van der Waals surface area contributed by atoms with Crippen LogP contribution in [0, 0.1) is 0 Å². The van der Waals surface area contributed by atoms with Crippen molar-refractivity contribution in [2.45, 2.75) is 20.3 Å². The largest absolute Gasteiger partial charge is 0.342 e. The van der Waals surface area contributed by atoms with Gasteiger partial charge in [-0.05, 0) is 6.92 Å². The lowest BCUT2D eigenvalue weighted by Crippen LogP contribution is -2.49. The van der Waals surface area contributed by atoms with Crippen LogP contribution in [0.25, 0.3) is 0 Å². The third-order valence-electron chi connectivity index (χ3n) is 2.00. The summed E-state index contributed by atoms with van der Waals surface area (Å²) in [4.78, 5) is 41.3. The predicted molar refractivity (Wildman–Crippen MR) is 65.4 cm³/mol. The minimum Gasteiger partial charge on any atom is -0.336 e. The zero-order chi connectivity index (χ0) is 13.5. The molecule has 0 radical (unpaired) electrons. The van der Waals surface area contributed by atoms with Gasteiger partial charge >= 0.3 is 6.03 Å². The Morgan fingerprint density at radius 2 is 2.17 bits per heavy atom. The molecule has 4 amide bonds. The first kappa shape index (κ1) is 13.8. The summed E-state index contributed by atoms with van der Waals surface area (Å²) in [6.07, 6.45) is 0.256. The van der Waals surface area contributed by atoms with Gasteiger partial charge in [0.15, 0.2) is 5.84 Å². The quantitative estimate of drug-likeness (QED) is 0.597. The molecule has 0 aromatic carbocycles. The van der Waals surface area contributed by atoms with E-state index >= 15 is 0 Å². The number of nitrogens with one attached hydrogen (secondary N) is 3. The van der Waals surface area contributed by atoms with Crippen molar-refractivity contribution in [2.75, 3.05) is 13.1 Å². The Balaban J connectivity index is 2.66. The number of carbonyl (C=O) groups excluding carboxylic acids is 3. The molecule has 0 saturated carbocycles. The van der Waals surface area contributed by atoms with Gasteiger partial charge < -0.3 is 16.0 Å². The summed E-state index contributed by atoms with van der Waals surface area (Å²) in [6, 6.07) is -0.538. The Bertz CT molecular complexity index is 427. The topological polar surface area (TPSA) is 112 Å². The van der Waals surface area contributed by atoms with Gasteiger partial charge in [0.25, 0.3) is 5.91 Å². The molecule has 0 unspecified atom stereocenters. The van der Waals surface area contributed by atoms with Crippen molar-refractivity contribution in [2.24, 2.45) is 9.98 Å². The van der Waals surface area contributed by atoms with Crippen molar-refractivity contribution >= 4 is 29.5 Å². The minimum atomic E-state index is -0.578. The van der Waals surface area contributed by atoms with Gasteiger partial charge in [-0.1, -0.05) is 6.92 Å². The molecule has 1 heterocycles. The molecule has 1 aliphatic rings. The van der Waals surface area contributed by atoms with Crippen LogP contribution in [-0.2, 0) is 9.59 Å². The Labute approximate surface area is 104 Å². The van der Waals surface area contributed by atoms with Crippen LogP contribution in [0.15, 0.2) is 9.98 Å². The first-order chi connectivity index (χ1) is 8.56. The maximum absolute atomic E-state index is 11.5. The summed E-state index contributed by atoms with van der Waals surface area (Å²) in [5.41, 5.74) is 0. The molecule has 0 fully saturated rings. The molecule has 8 nitrogen and oxygen atoms in total. The number of nitrogens with zero attached hydrogens (tertiary/aromatic N) is 2. The van der Waals surface area contributed by atoms with E-state index in [4.69, 9.17) is 0 Å². The highest BCUT2D eigenvalue weighted by Gasteiger charge is 2.20. The van der Waals surface area contributed by atoms with Crippen LogP contribution >= 0.6 is 0 Å². The maximum Gasteiger partial charge on any atom is 0.342 e. The van der Waals surface area contributed by atoms with Crippen LogP contribution in [0.3, 0.4) is 0 Å². The lowest BCUT2D eigenvalue weighted by Gasteiger charge is -2.14. The van der Waals surface area contributed by atoms with Gasteiger partial charge in [-0.3, -0.25) is 14.6 Å². The van der Waals surface area contributed by atoms with E-state index < -0.39 is 11.9 Å². The third-order valence-corrected chi connectivity index (χ3v) is 2.00. The Kier molecular flexibility index (Phi) is 4.97. The van der Waals surface area contributed by atoms with Crippen LogP contribution < -0.4 is 16.0 Å². The van der Waals surface area contributed by atoms with E-state index in [1.165, 1.54) is 0 Å². The van der Waals surface area contributed by atoms with Crippen LogP contribution in [0.4, 0.5) is 4.79 Å². The predicted octanol–water partition coefficient (Wildman–Crippen LogP) is -0.831. The molecule has 8 heteroatoms. The van der Waals surface area contributed by atoms with Crippen molar-refractivity contribution in [1.82, 2.24) is 16.0 Å². The van der Waals surface area contributed by atoms with E-state index in [-0.39, 0.29) is 30.5 Å². The fraction of sp³-hybridized carbons (Fsp3) is 0.500. The number of amidine groups is 2. The third kappa shape index (κ3) is 3.96. The fourth-order valence-electron chi connectivity index (χ4n) is 1.15. The SMILES string of the molecule is CCNC(=O)/N=C1/CN=C(NC(=O)CC)C(=O)N1. The molecule has 0 saturated heterocycles. The van der Waals surface area contributed by atoms with E-state index in [1.807, 2.05) is 0 Å². The number of hydrogen-bond donors (Lipinski definition) is 3. The van der Waals surface area contributed by atoms with Gasteiger partial charge in [-0.15, -0.1) is 0 Å². The molecule has 0 aliphatic carbocycles. The first-order valence-corrected chi connectivity index (χ1v) is 5.57. The molecule has 0 bridgehead atoms. The second-order valence-electron chi connectivity index (χ2n) is 3.41. The minimum absolute atomic E-state index is 0.0439. The number of urea groups is 1. The highest BCUT2D eigenvalue weighted by Crippen LogP contribution is 1.91. The van der Waals surface area contributed by atoms with E-state index in [2.05, 4.69) is 25.9 Å². The molecule has 18 heavy (non-hydrogen) atoms. The average molecular weight is 253 g/mol. The van der Waals surface area contributed by atoms with Crippen LogP contribution in [0.2, 0.25) is 0 Å². The van der Waals surface area contributed by atoms with E-state index in [0.29, 0.717) is 6.54 Å². The van der Waals surface area contributed by atoms with Crippen LogP contribution in [-0.4, -0.2) is 42.6 Å². The molecule has 98 valence electrons.